The average molecular weight is 243 g/mol. The van der Waals surface area contributed by atoms with E-state index in [1.165, 1.54) is 0 Å². The Labute approximate surface area is 102 Å². The molecule has 1 rings (SSSR count). The molecule has 1 saturated heterocycles. The van der Waals surface area contributed by atoms with E-state index >= 15 is 0 Å². The van der Waals surface area contributed by atoms with Crippen molar-refractivity contribution in [2.24, 2.45) is 5.92 Å². The third-order valence-corrected chi connectivity index (χ3v) is 2.79. The van der Waals surface area contributed by atoms with Crippen molar-refractivity contribution in [3.05, 3.63) is 0 Å². The molecule has 1 unspecified atom stereocenters. The van der Waals surface area contributed by atoms with Crippen molar-refractivity contribution in [1.82, 2.24) is 5.32 Å². The van der Waals surface area contributed by atoms with Crippen LogP contribution in [0.15, 0.2) is 0 Å². The molecule has 1 aliphatic heterocycles. The van der Waals surface area contributed by atoms with Gasteiger partial charge >= 0.3 is 5.97 Å². The van der Waals surface area contributed by atoms with E-state index in [1.54, 1.807) is 0 Å². The van der Waals surface area contributed by atoms with Gasteiger partial charge in [-0.25, -0.2) is 4.79 Å². The molecule has 0 bridgehead atoms. The molecule has 0 aromatic carbocycles. The lowest BCUT2D eigenvalue weighted by atomic mass is 10.0. The van der Waals surface area contributed by atoms with Gasteiger partial charge in [-0.2, -0.15) is 0 Å². The minimum atomic E-state index is -0.983. The van der Waals surface area contributed by atoms with Gasteiger partial charge in [0.25, 0.3) is 0 Å². The second-order valence-electron chi connectivity index (χ2n) is 4.88. The first kappa shape index (κ1) is 14.0. The van der Waals surface area contributed by atoms with Crippen LogP contribution in [-0.2, 0) is 14.3 Å². The topological polar surface area (TPSA) is 75.6 Å². The summed E-state index contributed by atoms with van der Waals surface area (Å²) < 4.78 is 5.32. The van der Waals surface area contributed by atoms with Gasteiger partial charge in [0.2, 0.25) is 5.91 Å². The Morgan fingerprint density at radius 1 is 1.41 bits per heavy atom. The summed E-state index contributed by atoms with van der Waals surface area (Å²) in [6.07, 6.45) is 2.57. The Bertz CT molecular complexity index is 272. The van der Waals surface area contributed by atoms with E-state index in [1.807, 2.05) is 13.8 Å². The smallest absolute Gasteiger partial charge is 0.326 e. The molecule has 1 heterocycles. The van der Waals surface area contributed by atoms with Gasteiger partial charge in [0.05, 0.1) is 0 Å². The van der Waals surface area contributed by atoms with Gasteiger partial charge in [-0.1, -0.05) is 13.8 Å². The summed E-state index contributed by atoms with van der Waals surface area (Å²) in [7, 11) is 0. The molecule has 5 heteroatoms. The third-order valence-electron chi connectivity index (χ3n) is 2.79. The van der Waals surface area contributed by atoms with Crippen LogP contribution in [0.4, 0.5) is 0 Å². The van der Waals surface area contributed by atoms with Crippen LogP contribution in [0, 0.1) is 5.92 Å². The summed E-state index contributed by atoms with van der Waals surface area (Å²) in [5, 5.41) is 11.6. The van der Waals surface area contributed by atoms with E-state index in [-0.39, 0.29) is 11.8 Å². The number of aliphatic carboxylic acids is 1. The lowest BCUT2D eigenvalue weighted by Crippen LogP contribution is -2.47. The van der Waals surface area contributed by atoms with Gasteiger partial charge in [-0.05, 0) is 31.6 Å². The molecule has 5 nitrogen and oxygen atoms in total. The minimum Gasteiger partial charge on any atom is -0.480 e. The van der Waals surface area contributed by atoms with Gasteiger partial charge in [0.1, 0.15) is 12.1 Å². The average Bonchev–Trinajstić information content (AvgIpc) is 2.28. The number of hydrogen-bond donors (Lipinski definition) is 2. The van der Waals surface area contributed by atoms with Crippen LogP contribution in [-0.4, -0.2) is 35.7 Å². The number of carbonyl (C=O) groups excluding carboxylic acids is 1. The first-order valence-corrected chi connectivity index (χ1v) is 6.15. The molecule has 17 heavy (non-hydrogen) atoms. The fraction of sp³-hybridized carbons (Fsp3) is 0.833. The van der Waals surface area contributed by atoms with E-state index in [9.17, 15) is 9.59 Å². The van der Waals surface area contributed by atoms with Crippen LogP contribution in [0.2, 0.25) is 0 Å². The largest absolute Gasteiger partial charge is 0.480 e. The highest BCUT2D eigenvalue weighted by Crippen LogP contribution is 2.13. The molecule has 1 amide bonds. The van der Waals surface area contributed by atoms with Crippen molar-refractivity contribution in [2.75, 3.05) is 6.61 Å². The van der Waals surface area contributed by atoms with E-state index in [0.717, 1.165) is 12.8 Å². The summed E-state index contributed by atoms with van der Waals surface area (Å²) in [6.45, 7) is 4.44. The van der Waals surface area contributed by atoms with E-state index < -0.39 is 18.1 Å². The quantitative estimate of drug-likeness (QED) is 0.760. The predicted molar refractivity (Wildman–Crippen MR) is 62.6 cm³/mol. The summed E-state index contributed by atoms with van der Waals surface area (Å²) in [5.41, 5.74) is 0. The monoisotopic (exact) mass is 243 g/mol. The zero-order valence-corrected chi connectivity index (χ0v) is 10.4. The Kier molecular flexibility index (Phi) is 5.41. The van der Waals surface area contributed by atoms with Crippen molar-refractivity contribution >= 4 is 11.9 Å². The summed E-state index contributed by atoms with van der Waals surface area (Å²) in [5.74, 6) is -1.05. The molecule has 0 aromatic rings. The fourth-order valence-corrected chi connectivity index (χ4v) is 1.91. The van der Waals surface area contributed by atoms with Gasteiger partial charge in [0.15, 0.2) is 0 Å². The second-order valence-corrected chi connectivity index (χ2v) is 4.88. The standard InChI is InChI=1S/C12H21NO4/c1-8(2)7-9(12(15)16)13-11(14)10-5-3-4-6-17-10/h8-10H,3-7H2,1-2H3,(H,13,14)(H,15,16)/t9-,10?/m0/s1. The SMILES string of the molecule is CC(C)C[C@H](NC(=O)C1CCCCO1)C(=O)O. The number of carboxylic acids is 1. The number of rotatable bonds is 5. The summed E-state index contributed by atoms with van der Waals surface area (Å²) in [4.78, 5) is 22.8. The number of ether oxygens (including phenoxy) is 1. The number of hydrogen-bond acceptors (Lipinski definition) is 3. The molecule has 0 spiro atoms. The van der Waals surface area contributed by atoms with Crippen molar-refractivity contribution in [1.29, 1.82) is 0 Å². The highest BCUT2D eigenvalue weighted by atomic mass is 16.5. The zero-order valence-electron chi connectivity index (χ0n) is 10.4. The van der Waals surface area contributed by atoms with Crippen LogP contribution in [0.3, 0.4) is 0 Å². The van der Waals surface area contributed by atoms with Crippen molar-refractivity contribution in [2.45, 2.75) is 51.7 Å². The lowest BCUT2D eigenvalue weighted by molar-refractivity contribution is -0.145. The highest BCUT2D eigenvalue weighted by Gasteiger charge is 2.27. The molecule has 0 saturated carbocycles. The molecule has 98 valence electrons. The first-order valence-electron chi connectivity index (χ1n) is 6.15. The van der Waals surface area contributed by atoms with Gasteiger partial charge < -0.3 is 15.2 Å². The molecular formula is C12H21NO4. The van der Waals surface area contributed by atoms with E-state index in [0.29, 0.717) is 19.4 Å². The molecule has 2 N–H and O–H groups in total. The normalized spacial score (nSPS) is 22.2. The highest BCUT2D eigenvalue weighted by molar-refractivity contribution is 5.86. The summed E-state index contributed by atoms with van der Waals surface area (Å²) >= 11 is 0. The Balaban J connectivity index is 2.47. The van der Waals surface area contributed by atoms with E-state index in [2.05, 4.69) is 5.32 Å². The molecule has 2 atom stereocenters. The number of amides is 1. The first-order chi connectivity index (χ1) is 8.00. The minimum absolute atomic E-state index is 0.226. The zero-order chi connectivity index (χ0) is 12.8. The maximum Gasteiger partial charge on any atom is 0.326 e. The van der Waals surface area contributed by atoms with Gasteiger partial charge in [0, 0.05) is 6.61 Å². The van der Waals surface area contributed by atoms with Gasteiger partial charge in [-0.3, -0.25) is 4.79 Å². The molecule has 1 fully saturated rings. The predicted octanol–water partition coefficient (Wildman–Crippen LogP) is 1.17. The van der Waals surface area contributed by atoms with E-state index in [4.69, 9.17) is 9.84 Å². The Morgan fingerprint density at radius 2 is 2.12 bits per heavy atom. The number of carboxylic acid groups (broad SMARTS) is 1. The third kappa shape index (κ3) is 4.73. The molecule has 1 aliphatic rings. The van der Waals surface area contributed by atoms with Crippen molar-refractivity contribution in [3.63, 3.8) is 0 Å². The van der Waals surface area contributed by atoms with Crippen molar-refractivity contribution in [3.8, 4) is 0 Å². The second kappa shape index (κ2) is 6.59. The molecule has 0 aromatic heterocycles. The van der Waals surface area contributed by atoms with Crippen LogP contribution in [0.5, 0.6) is 0 Å². The number of carbonyl (C=O) groups is 2. The fourth-order valence-electron chi connectivity index (χ4n) is 1.91. The van der Waals surface area contributed by atoms with Gasteiger partial charge in [-0.15, -0.1) is 0 Å². The Hall–Kier alpha value is -1.10. The Morgan fingerprint density at radius 3 is 2.59 bits per heavy atom. The van der Waals surface area contributed by atoms with Crippen LogP contribution in [0.25, 0.3) is 0 Å². The lowest BCUT2D eigenvalue weighted by Gasteiger charge is -2.24. The molecule has 0 aliphatic carbocycles. The van der Waals surface area contributed by atoms with Crippen molar-refractivity contribution < 1.29 is 19.4 Å². The van der Waals surface area contributed by atoms with Crippen LogP contribution >= 0.6 is 0 Å². The maximum absolute atomic E-state index is 11.8. The van der Waals surface area contributed by atoms with Crippen LogP contribution in [0.1, 0.15) is 39.5 Å². The molecular weight excluding hydrogens is 222 g/mol. The maximum atomic E-state index is 11.8. The summed E-state index contributed by atoms with van der Waals surface area (Å²) in [6, 6.07) is -0.812. The number of nitrogens with one attached hydrogen (secondary N) is 1. The van der Waals surface area contributed by atoms with Crippen LogP contribution < -0.4 is 5.32 Å². The molecule has 0 radical (unpaired) electrons.